The van der Waals surface area contributed by atoms with Gasteiger partial charge in [-0.25, -0.2) is 0 Å². The SMILES string of the molecule is C=C=Cc1cccc2cccnc12. The van der Waals surface area contributed by atoms with Gasteiger partial charge in [-0.3, -0.25) is 4.98 Å². The first-order chi connectivity index (χ1) is 6.42. The Morgan fingerprint density at radius 3 is 2.92 bits per heavy atom. The van der Waals surface area contributed by atoms with Crippen LogP contribution in [0.1, 0.15) is 5.56 Å². The molecule has 0 atom stereocenters. The van der Waals surface area contributed by atoms with Crippen molar-refractivity contribution in [1.29, 1.82) is 0 Å². The highest BCUT2D eigenvalue weighted by molar-refractivity contribution is 5.86. The Hall–Kier alpha value is -1.85. The molecule has 0 saturated heterocycles. The van der Waals surface area contributed by atoms with E-state index in [1.54, 1.807) is 6.20 Å². The van der Waals surface area contributed by atoms with Crippen LogP contribution in [-0.2, 0) is 0 Å². The molecule has 0 aliphatic carbocycles. The zero-order valence-corrected chi connectivity index (χ0v) is 7.20. The molecule has 2 aromatic rings. The van der Waals surface area contributed by atoms with E-state index in [0.29, 0.717) is 0 Å². The van der Waals surface area contributed by atoms with Gasteiger partial charge in [0.25, 0.3) is 0 Å². The summed E-state index contributed by atoms with van der Waals surface area (Å²) < 4.78 is 0. The molecule has 0 radical (unpaired) electrons. The standard InChI is InChI=1S/C12H9N/c1-2-5-10-6-3-7-11-8-4-9-13-12(10)11/h3-9H,1H2. The number of aromatic nitrogens is 1. The molecule has 13 heavy (non-hydrogen) atoms. The van der Waals surface area contributed by atoms with E-state index in [-0.39, 0.29) is 0 Å². The van der Waals surface area contributed by atoms with Gasteiger partial charge in [0.2, 0.25) is 0 Å². The predicted molar refractivity (Wildman–Crippen MR) is 55.3 cm³/mol. The van der Waals surface area contributed by atoms with Crippen molar-refractivity contribution in [2.45, 2.75) is 0 Å². The van der Waals surface area contributed by atoms with Crippen molar-refractivity contribution in [2.75, 3.05) is 0 Å². The first kappa shape index (κ1) is 7.78. The second kappa shape index (κ2) is 3.26. The van der Waals surface area contributed by atoms with Gasteiger partial charge < -0.3 is 0 Å². The molecule has 0 fully saturated rings. The van der Waals surface area contributed by atoms with E-state index in [1.165, 1.54) is 0 Å². The Kier molecular flexibility index (Phi) is 1.95. The molecule has 1 heteroatoms. The third-order valence-electron chi connectivity index (χ3n) is 1.92. The summed E-state index contributed by atoms with van der Waals surface area (Å²) in [6.07, 6.45) is 3.64. The van der Waals surface area contributed by atoms with Gasteiger partial charge in [0.15, 0.2) is 0 Å². The van der Waals surface area contributed by atoms with E-state index < -0.39 is 0 Å². The minimum atomic E-state index is 1.00. The van der Waals surface area contributed by atoms with E-state index in [2.05, 4.69) is 17.3 Å². The lowest BCUT2D eigenvalue weighted by molar-refractivity contribution is 1.41. The molecular formula is C12H9N. The van der Waals surface area contributed by atoms with Crippen LogP contribution in [0.25, 0.3) is 17.0 Å². The summed E-state index contributed by atoms with van der Waals surface area (Å²) in [4.78, 5) is 4.30. The van der Waals surface area contributed by atoms with Gasteiger partial charge in [-0.2, -0.15) is 0 Å². The highest BCUT2D eigenvalue weighted by Gasteiger charge is 1.96. The lowest BCUT2D eigenvalue weighted by Crippen LogP contribution is -1.80. The molecule has 0 amide bonds. The van der Waals surface area contributed by atoms with E-state index in [0.717, 1.165) is 16.5 Å². The van der Waals surface area contributed by atoms with Gasteiger partial charge in [-0.15, -0.1) is 5.73 Å². The van der Waals surface area contributed by atoms with Crippen LogP contribution in [0.3, 0.4) is 0 Å². The molecule has 1 aromatic carbocycles. The van der Waals surface area contributed by atoms with Gasteiger partial charge in [0.1, 0.15) is 0 Å². The van der Waals surface area contributed by atoms with Crippen LogP contribution in [-0.4, -0.2) is 4.98 Å². The Labute approximate surface area is 77.0 Å². The summed E-state index contributed by atoms with van der Waals surface area (Å²) in [6, 6.07) is 10.0. The number of para-hydroxylation sites is 1. The lowest BCUT2D eigenvalue weighted by atomic mass is 10.1. The van der Waals surface area contributed by atoms with Crippen molar-refractivity contribution in [1.82, 2.24) is 4.98 Å². The maximum absolute atomic E-state index is 4.30. The molecule has 0 saturated carbocycles. The Morgan fingerprint density at radius 2 is 2.08 bits per heavy atom. The Bertz CT molecular complexity index is 474. The number of rotatable bonds is 1. The molecule has 62 valence electrons. The molecule has 2 rings (SSSR count). The maximum atomic E-state index is 4.30. The van der Waals surface area contributed by atoms with Gasteiger partial charge in [-0.05, 0) is 12.1 Å². The minimum absolute atomic E-state index is 1.00. The van der Waals surface area contributed by atoms with Gasteiger partial charge >= 0.3 is 0 Å². The van der Waals surface area contributed by atoms with Crippen molar-refractivity contribution in [3.8, 4) is 0 Å². The van der Waals surface area contributed by atoms with Crippen LogP contribution < -0.4 is 0 Å². The summed E-state index contributed by atoms with van der Waals surface area (Å²) in [5.41, 5.74) is 4.83. The summed E-state index contributed by atoms with van der Waals surface area (Å²) in [6.45, 7) is 3.55. The highest BCUT2D eigenvalue weighted by atomic mass is 14.6. The Morgan fingerprint density at radius 1 is 1.23 bits per heavy atom. The predicted octanol–water partition coefficient (Wildman–Crippen LogP) is 3.03. The summed E-state index contributed by atoms with van der Waals surface area (Å²) in [5.74, 6) is 0. The van der Waals surface area contributed by atoms with Gasteiger partial charge in [0.05, 0.1) is 5.52 Å². The zero-order chi connectivity index (χ0) is 9.10. The molecule has 1 heterocycles. The summed E-state index contributed by atoms with van der Waals surface area (Å²) >= 11 is 0. The molecule has 0 N–H and O–H groups in total. The van der Waals surface area contributed by atoms with Crippen molar-refractivity contribution < 1.29 is 0 Å². The molecule has 0 aliphatic rings. The van der Waals surface area contributed by atoms with Gasteiger partial charge in [-0.1, -0.05) is 30.8 Å². The summed E-state index contributed by atoms with van der Waals surface area (Å²) in [5, 5.41) is 1.14. The van der Waals surface area contributed by atoms with Crippen LogP contribution >= 0.6 is 0 Å². The second-order valence-corrected chi connectivity index (χ2v) is 2.77. The van der Waals surface area contributed by atoms with E-state index in [1.807, 2.05) is 36.4 Å². The average Bonchev–Trinajstić information content (AvgIpc) is 2.19. The number of pyridine rings is 1. The molecule has 0 bridgehead atoms. The number of fused-ring (bicyclic) bond motifs is 1. The van der Waals surface area contributed by atoms with Crippen LogP contribution in [0.5, 0.6) is 0 Å². The quantitative estimate of drug-likeness (QED) is 0.595. The fourth-order valence-corrected chi connectivity index (χ4v) is 1.35. The van der Waals surface area contributed by atoms with Crippen LogP contribution in [0.4, 0.5) is 0 Å². The van der Waals surface area contributed by atoms with Crippen molar-refractivity contribution >= 4 is 17.0 Å². The monoisotopic (exact) mass is 167 g/mol. The maximum Gasteiger partial charge on any atom is 0.0780 e. The first-order valence-corrected chi connectivity index (χ1v) is 4.11. The molecule has 0 aliphatic heterocycles. The van der Waals surface area contributed by atoms with Crippen molar-refractivity contribution in [3.63, 3.8) is 0 Å². The van der Waals surface area contributed by atoms with E-state index in [9.17, 15) is 0 Å². The molecular weight excluding hydrogens is 158 g/mol. The van der Waals surface area contributed by atoms with E-state index in [4.69, 9.17) is 0 Å². The first-order valence-electron chi connectivity index (χ1n) is 4.11. The normalized spacial score (nSPS) is 9.54. The molecule has 1 nitrogen and oxygen atoms in total. The third-order valence-corrected chi connectivity index (χ3v) is 1.92. The lowest BCUT2D eigenvalue weighted by Gasteiger charge is -1.98. The Balaban J connectivity index is 2.82. The van der Waals surface area contributed by atoms with Crippen molar-refractivity contribution in [3.05, 3.63) is 54.4 Å². The topological polar surface area (TPSA) is 12.9 Å². The highest BCUT2D eigenvalue weighted by Crippen LogP contribution is 2.16. The average molecular weight is 167 g/mol. The molecule has 1 aromatic heterocycles. The number of nitrogens with zero attached hydrogens (tertiary/aromatic N) is 1. The smallest absolute Gasteiger partial charge is 0.0780 e. The van der Waals surface area contributed by atoms with Crippen LogP contribution in [0, 0.1) is 0 Å². The van der Waals surface area contributed by atoms with Crippen LogP contribution in [0.2, 0.25) is 0 Å². The molecule has 0 unspecified atom stereocenters. The summed E-state index contributed by atoms with van der Waals surface area (Å²) in [7, 11) is 0. The minimum Gasteiger partial charge on any atom is -0.256 e. The van der Waals surface area contributed by atoms with Crippen LogP contribution in [0.15, 0.2) is 48.8 Å². The van der Waals surface area contributed by atoms with Crippen molar-refractivity contribution in [2.24, 2.45) is 0 Å². The fourth-order valence-electron chi connectivity index (χ4n) is 1.35. The fraction of sp³-hybridized carbons (Fsp3) is 0. The number of benzene rings is 1. The largest absolute Gasteiger partial charge is 0.256 e. The van der Waals surface area contributed by atoms with E-state index >= 15 is 0 Å². The third kappa shape index (κ3) is 1.37. The number of hydrogen-bond acceptors (Lipinski definition) is 1. The van der Waals surface area contributed by atoms with Gasteiger partial charge in [0, 0.05) is 17.1 Å². The number of hydrogen-bond donors (Lipinski definition) is 0. The second-order valence-electron chi connectivity index (χ2n) is 2.77. The zero-order valence-electron chi connectivity index (χ0n) is 7.20. The molecule has 0 spiro atoms.